The highest BCUT2D eigenvalue weighted by Gasteiger charge is 2.31. The van der Waals surface area contributed by atoms with Gasteiger partial charge in [-0.1, -0.05) is 34.4 Å². The molecule has 0 saturated carbocycles. The number of nitrogens with zero attached hydrogens (tertiary/aromatic N) is 2. The van der Waals surface area contributed by atoms with E-state index >= 15 is 0 Å². The van der Waals surface area contributed by atoms with Gasteiger partial charge in [0, 0.05) is 28.5 Å². The van der Waals surface area contributed by atoms with Gasteiger partial charge in [0.25, 0.3) is 0 Å². The molecule has 9 heteroatoms. The molecule has 29 heavy (non-hydrogen) atoms. The highest BCUT2D eigenvalue weighted by Crippen LogP contribution is 2.20. The van der Waals surface area contributed by atoms with Crippen molar-refractivity contribution in [3.05, 3.63) is 58.6 Å². The van der Waals surface area contributed by atoms with E-state index in [1.165, 1.54) is 4.90 Å². The second kappa shape index (κ2) is 9.62. The highest BCUT2D eigenvalue weighted by atomic mass is 35.5. The van der Waals surface area contributed by atoms with E-state index < -0.39 is 11.6 Å². The number of benzene rings is 2. The van der Waals surface area contributed by atoms with Crippen molar-refractivity contribution < 1.29 is 14.4 Å². The van der Waals surface area contributed by atoms with E-state index in [-0.39, 0.29) is 6.03 Å². The lowest BCUT2D eigenvalue weighted by molar-refractivity contribution is 0.162. The molecule has 0 aliphatic heterocycles. The molecule has 0 bridgehead atoms. The topological polar surface area (TPSA) is 83.0 Å². The number of oxime groups is 1. The van der Waals surface area contributed by atoms with Crippen molar-refractivity contribution >= 4 is 52.4 Å². The molecule has 0 radical (unpaired) electrons. The van der Waals surface area contributed by atoms with Gasteiger partial charge in [0.15, 0.2) is 0 Å². The number of carbonyl (C=O) groups is 2. The van der Waals surface area contributed by atoms with Crippen molar-refractivity contribution in [3.8, 4) is 0 Å². The third-order valence-corrected chi connectivity index (χ3v) is 4.95. The van der Waals surface area contributed by atoms with Gasteiger partial charge in [-0.25, -0.2) is 9.59 Å². The van der Waals surface area contributed by atoms with Crippen molar-refractivity contribution in [2.45, 2.75) is 26.3 Å². The van der Waals surface area contributed by atoms with Crippen LogP contribution >= 0.6 is 23.2 Å². The minimum atomic E-state index is -0.830. The van der Waals surface area contributed by atoms with Crippen LogP contribution in [0.3, 0.4) is 0 Å². The van der Waals surface area contributed by atoms with Crippen LogP contribution in [0.25, 0.3) is 0 Å². The first kappa shape index (κ1) is 22.5. The maximum Gasteiger partial charge on any atom is 0.437 e. The summed E-state index contributed by atoms with van der Waals surface area (Å²) in [5, 5.41) is 10.2. The van der Waals surface area contributed by atoms with Crippen molar-refractivity contribution in [3.63, 3.8) is 0 Å². The van der Waals surface area contributed by atoms with Gasteiger partial charge in [-0.3, -0.25) is 10.2 Å². The lowest BCUT2D eigenvalue weighted by Gasteiger charge is -2.35. The Morgan fingerprint density at radius 2 is 1.66 bits per heavy atom. The summed E-state index contributed by atoms with van der Waals surface area (Å²) in [6.07, 6.45) is -0.756. The Kier molecular flexibility index (Phi) is 7.47. The van der Waals surface area contributed by atoms with Gasteiger partial charge >= 0.3 is 12.1 Å². The molecule has 7 nitrogen and oxygen atoms in total. The minimum Gasteiger partial charge on any atom is -0.317 e. The fraction of sp³-hybridized carbons (Fsp3) is 0.250. The van der Waals surface area contributed by atoms with E-state index in [4.69, 9.17) is 28.0 Å². The van der Waals surface area contributed by atoms with Crippen molar-refractivity contribution in [2.24, 2.45) is 5.16 Å². The van der Waals surface area contributed by atoms with Gasteiger partial charge < -0.3 is 10.2 Å². The Morgan fingerprint density at radius 3 is 2.28 bits per heavy atom. The summed E-state index contributed by atoms with van der Waals surface area (Å²) in [5.41, 5.74) is 0.679. The van der Waals surface area contributed by atoms with Gasteiger partial charge in [-0.15, -0.1) is 0 Å². The van der Waals surface area contributed by atoms with Crippen LogP contribution in [0.2, 0.25) is 10.0 Å². The van der Waals surface area contributed by atoms with Crippen LogP contribution in [0.5, 0.6) is 0 Å². The smallest absolute Gasteiger partial charge is 0.317 e. The molecule has 2 rings (SSSR count). The monoisotopic (exact) mass is 436 g/mol. The Bertz CT molecular complexity index is 914. The summed E-state index contributed by atoms with van der Waals surface area (Å²) < 4.78 is 0. The van der Waals surface area contributed by atoms with Gasteiger partial charge in [0.05, 0.1) is 11.3 Å². The molecule has 0 unspecified atom stereocenters. The molecule has 0 aliphatic carbocycles. The van der Waals surface area contributed by atoms with Gasteiger partial charge in [-0.2, -0.15) is 0 Å². The summed E-state index contributed by atoms with van der Waals surface area (Å²) in [5.74, 6) is 0. The Labute approximate surface area is 179 Å². The Morgan fingerprint density at radius 1 is 1.00 bits per heavy atom. The molecular weight excluding hydrogens is 415 g/mol. The number of anilines is 2. The SMILES string of the molecule is C/C(=N\OC(=O)Nc1ccc(Cl)cc1)C(C)(C)N(C)C(=O)Nc1cccc(Cl)c1. The van der Waals surface area contributed by atoms with E-state index in [9.17, 15) is 9.59 Å². The van der Waals surface area contributed by atoms with E-state index in [0.717, 1.165) is 0 Å². The summed E-state index contributed by atoms with van der Waals surface area (Å²) in [6, 6.07) is 13.0. The molecule has 0 spiro atoms. The molecular formula is C20H22Cl2N4O3. The molecule has 0 fully saturated rings. The standard InChI is InChI=1S/C20H22Cl2N4O3/c1-13(25-29-19(28)24-16-10-8-14(21)9-11-16)20(2,3)26(4)18(27)23-17-7-5-6-15(22)12-17/h5-12H,1-4H3,(H,23,27)(H,24,28)/b25-13+. The molecule has 154 valence electrons. The normalized spacial score (nSPS) is 11.6. The van der Waals surface area contributed by atoms with Crippen LogP contribution in [0.4, 0.5) is 21.0 Å². The number of urea groups is 1. The Hall–Kier alpha value is -2.77. The first-order valence-corrected chi connectivity index (χ1v) is 9.44. The summed E-state index contributed by atoms with van der Waals surface area (Å²) in [7, 11) is 1.62. The van der Waals surface area contributed by atoms with Crippen molar-refractivity contribution in [1.29, 1.82) is 0 Å². The average Bonchev–Trinajstić information content (AvgIpc) is 2.67. The average molecular weight is 437 g/mol. The molecule has 0 aromatic heterocycles. The molecule has 0 saturated heterocycles. The van der Waals surface area contributed by atoms with Gasteiger partial charge in [-0.05, 0) is 63.2 Å². The van der Waals surface area contributed by atoms with Crippen LogP contribution in [0.1, 0.15) is 20.8 Å². The fourth-order valence-corrected chi connectivity index (χ4v) is 2.48. The molecule has 0 aliphatic rings. The third kappa shape index (κ3) is 6.37. The number of halogens is 2. The molecule has 2 N–H and O–H groups in total. The quantitative estimate of drug-likeness (QED) is 0.349. The zero-order valence-electron chi connectivity index (χ0n) is 16.5. The molecule has 3 amide bonds. The van der Waals surface area contributed by atoms with Crippen LogP contribution in [-0.4, -0.2) is 35.3 Å². The minimum absolute atomic E-state index is 0.363. The second-order valence-electron chi connectivity index (χ2n) is 6.75. The number of rotatable bonds is 5. The van der Waals surface area contributed by atoms with E-state index in [2.05, 4.69) is 15.8 Å². The lowest BCUT2D eigenvalue weighted by atomic mass is 9.98. The van der Waals surface area contributed by atoms with Gasteiger partial charge in [0.2, 0.25) is 0 Å². The zero-order chi connectivity index (χ0) is 21.6. The molecule has 0 heterocycles. The largest absolute Gasteiger partial charge is 0.437 e. The number of hydrogen-bond acceptors (Lipinski definition) is 4. The summed E-state index contributed by atoms with van der Waals surface area (Å²) in [4.78, 5) is 30.9. The summed E-state index contributed by atoms with van der Waals surface area (Å²) in [6.45, 7) is 5.23. The van der Waals surface area contributed by atoms with Crippen LogP contribution in [-0.2, 0) is 4.84 Å². The third-order valence-electron chi connectivity index (χ3n) is 4.46. The van der Waals surface area contributed by atoms with Crippen LogP contribution < -0.4 is 10.6 Å². The molecule has 0 atom stereocenters. The highest BCUT2D eigenvalue weighted by molar-refractivity contribution is 6.31. The number of nitrogens with one attached hydrogen (secondary N) is 2. The maximum atomic E-state index is 12.6. The second-order valence-corrected chi connectivity index (χ2v) is 7.62. The van der Waals surface area contributed by atoms with Crippen LogP contribution in [0, 0.1) is 0 Å². The number of carbonyl (C=O) groups excluding carboxylic acids is 2. The van der Waals surface area contributed by atoms with E-state index in [0.29, 0.717) is 27.1 Å². The Balaban J connectivity index is 1.98. The van der Waals surface area contributed by atoms with Crippen molar-refractivity contribution in [2.75, 3.05) is 17.7 Å². The lowest BCUT2D eigenvalue weighted by Crippen LogP contribution is -2.51. The fourth-order valence-electron chi connectivity index (χ4n) is 2.17. The first-order valence-electron chi connectivity index (χ1n) is 8.68. The first-order chi connectivity index (χ1) is 13.6. The molecule has 2 aromatic rings. The maximum absolute atomic E-state index is 12.6. The summed E-state index contributed by atoms with van der Waals surface area (Å²) >= 11 is 11.7. The van der Waals surface area contributed by atoms with Gasteiger partial charge in [0.1, 0.15) is 0 Å². The molecule has 2 aromatic carbocycles. The van der Waals surface area contributed by atoms with E-state index in [1.54, 1.807) is 76.3 Å². The number of amides is 3. The van der Waals surface area contributed by atoms with Crippen LogP contribution in [0.15, 0.2) is 53.7 Å². The predicted molar refractivity (Wildman–Crippen MR) is 117 cm³/mol. The van der Waals surface area contributed by atoms with Crippen molar-refractivity contribution in [1.82, 2.24) is 4.90 Å². The number of hydrogen-bond donors (Lipinski definition) is 2. The zero-order valence-corrected chi connectivity index (χ0v) is 18.0. The predicted octanol–water partition coefficient (Wildman–Crippen LogP) is 5.86. The van der Waals surface area contributed by atoms with E-state index in [1.807, 2.05) is 0 Å².